The van der Waals surface area contributed by atoms with Crippen molar-refractivity contribution < 1.29 is 22.7 Å². The van der Waals surface area contributed by atoms with Gasteiger partial charge in [-0.1, -0.05) is 30.3 Å². The standard InChI is InChI=1S/C24H30N2O5S/c1-25(13-5-8-19-6-3-2-4-7-19)24(27)20-11-14-26(15-12-20)32(28,29)21-9-10-22-23(18-21)31-17-16-30-22/h2-4,6-7,9-10,18,20H,5,8,11-17H2,1H3. The van der Waals surface area contributed by atoms with E-state index in [-0.39, 0.29) is 16.7 Å². The number of amides is 1. The molecule has 2 aliphatic heterocycles. The molecule has 0 aromatic heterocycles. The number of hydrogen-bond acceptors (Lipinski definition) is 5. The molecule has 0 radical (unpaired) electrons. The molecule has 0 unspecified atom stereocenters. The van der Waals surface area contributed by atoms with Crippen LogP contribution >= 0.6 is 0 Å². The highest BCUT2D eigenvalue weighted by molar-refractivity contribution is 7.89. The highest BCUT2D eigenvalue weighted by Gasteiger charge is 2.33. The van der Waals surface area contributed by atoms with Crippen LogP contribution in [0.5, 0.6) is 11.5 Å². The average Bonchev–Trinajstić information content (AvgIpc) is 2.84. The number of benzene rings is 2. The maximum absolute atomic E-state index is 13.1. The topological polar surface area (TPSA) is 76.2 Å². The Morgan fingerprint density at radius 2 is 1.72 bits per heavy atom. The van der Waals surface area contributed by atoms with Gasteiger partial charge in [0, 0.05) is 38.7 Å². The summed E-state index contributed by atoms with van der Waals surface area (Å²) < 4.78 is 38.7. The second-order valence-corrected chi connectivity index (χ2v) is 10.3. The minimum absolute atomic E-state index is 0.106. The van der Waals surface area contributed by atoms with Gasteiger partial charge < -0.3 is 14.4 Å². The van der Waals surface area contributed by atoms with Crippen molar-refractivity contribution in [2.24, 2.45) is 5.92 Å². The lowest BCUT2D eigenvalue weighted by Gasteiger charge is -2.32. The Bertz CT molecular complexity index is 1030. The maximum atomic E-state index is 13.1. The molecule has 2 aromatic rings. The molecule has 2 aliphatic rings. The molecule has 32 heavy (non-hydrogen) atoms. The van der Waals surface area contributed by atoms with Crippen molar-refractivity contribution in [3.05, 3.63) is 54.1 Å². The van der Waals surface area contributed by atoms with Crippen LogP contribution in [0.15, 0.2) is 53.4 Å². The van der Waals surface area contributed by atoms with Gasteiger partial charge in [-0.3, -0.25) is 4.79 Å². The normalized spacial score (nSPS) is 17.2. The molecule has 2 heterocycles. The molecule has 8 heteroatoms. The number of carbonyl (C=O) groups is 1. The largest absolute Gasteiger partial charge is 0.486 e. The molecule has 1 amide bonds. The summed E-state index contributed by atoms with van der Waals surface area (Å²) in [5.74, 6) is 0.993. The van der Waals surface area contributed by atoms with E-state index in [0.717, 1.165) is 12.8 Å². The summed E-state index contributed by atoms with van der Waals surface area (Å²) >= 11 is 0. The van der Waals surface area contributed by atoms with Crippen molar-refractivity contribution >= 4 is 15.9 Å². The summed E-state index contributed by atoms with van der Waals surface area (Å²) in [6, 6.07) is 15.0. The number of sulfonamides is 1. The van der Waals surface area contributed by atoms with Gasteiger partial charge in [-0.2, -0.15) is 4.31 Å². The smallest absolute Gasteiger partial charge is 0.243 e. The van der Waals surface area contributed by atoms with Gasteiger partial charge in [-0.25, -0.2) is 8.42 Å². The van der Waals surface area contributed by atoms with Crippen molar-refractivity contribution in [1.29, 1.82) is 0 Å². The van der Waals surface area contributed by atoms with Crippen LogP contribution in [-0.4, -0.2) is 63.4 Å². The predicted molar refractivity (Wildman–Crippen MR) is 121 cm³/mol. The van der Waals surface area contributed by atoms with E-state index in [9.17, 15) is 13.2 Å². The molecule has 0 atom stereocenters. The van der Waals surface area contributed by atoms with Crippen molar-refractivity contribution in [2.75, 3.05) is 39.9 Å². The molecule has 0 N–H and O–H groups in total. The molecule has 0 bridgehead atoms. The minimum Gasteiger partial charge on any atom is -0.486 e. The number of nitrogens with zero attached hydrogens (tertiary/aromatic N) is 2. The average molecular weight is 459 g/mol. The molecular weight excluding hydrogens is 428 g/mol. The predicted octanol–water partition coefficient (Wildman–Crippen LogP) is 2.95. The van der Waals surface area contributed by atoms with E-state index in [0.29, 0.717) is 57.2 Å². The van der Waals surface area contributed by atoms with Crippen molar-refractivity contribution in [3.8, 4) is 11.5 Å². The highest BCUT2D eigenvalue weighted by Crippen LogP contribution is 2.34. The van der Waals surface area contributed by atoms with Crippen LogP contribution in [0, 0.1) is 5.92 Å². The molecule has 1 fully saturated rings. The van der Waals surface area contributed by atoms with Gasteiger partial charge in [0.2, 0.25) is 15.9 Å². The Morgan fingerprint density at radius 1 is 1.03 bits per heavy atom. The Hall–Kier alpha value is -2.58. The van der Waals surface area contributed by atoms with E-state index in [1.807, 2.05) is 25.2 Å². The highest BCUT2D eigenvalue weighted by atomic mass is 32.2. The third kappa shape index (κ3) is 5.07. The zero-order chi connectivity index (χ0) is 22.6. The van der Waals surface area contributed by atoms with E-state index in [4.69, 9.17) is 9.47 Å². The molecule has 2 aromatic carbocycles. The Balaban J connectivity index is 1.29. The summed E-state index contributed by atoms with van der Waals surface area (Å²) in [7, 11) is -1.80. The maximum Gasteiger partial charge on any atom is 0.243 e. The number of rotatable bonds is 7. The van der Waals surface area contributed by atoms with Gasteiger partial charge >= 0.3 is 0 Å². The molecular formula is C24H30N2O5S. The first kappa shape index (κ1) is 22.6. The number of aryl methyl sites for hydroxylation is 1. The summed E-state index contributed by atoms with van der Waals surface area (Å²) in [5.41, 5.74) is 1.27. The van der Waals surface area contributed by atoms with Gasteiger partial charge in [0.25, 0.3) is 0 Å². The molecule has 4 rings (SSSR count). The number of fused-ring (bicyclic) bond motifs is 1. The lowest BCUT2D eigenvalue weighted by molar-refractivity contribution is -0.135. The molecule has 0 spiro atoms. The van der Waals surface area contributed by atoms with Gasteiger partial charge in [0.15, 0.2) is 11.5 Å². The van der Waals surface area contributed by atoms with Crippen LogP contribution in [0.3, 0.4) is 0 Å². The lowest BCUT2D eigenvalue weighted by atomic mass is 9.96. The molecule has 7 nitrogen and oxygen atoms in total. The zero-order valence-corrected chi connectivity index (χ0v) is 19.2. The molecule has 1 saturated heterocycles. The van der Waals surface area contributed by atoms with E-state index in [1.54, 1.807) is 17.0 Å². The minimum atomic E-state index is -3.64. The Labute approximate surface area is 190 Å². The number of hydrogen-bond donors (Lipinski definition) is 0. The van der Waals surface area contributed by atoms with E-state index in [2.05, 4.69) is 12.1 Å². The fourth-order valence-electron chi connectivity index (χ4n) is 4.26. The summed E-state index contributed by atoms with van der Waals surface area (Å²) in [6.45, 7) is 2.24. The Morgan fingerprint density at radius 3 is 2.44 bits per heavy atom. The van der Waals surface area contributed by atoms with Crippen molar-refractivity contribution in [2.45, 2.75) is 30.6 Å². The second kappa shape index (κ2) is 9.92. The first-order chi connectivity index (χ1) is 15.4. The van der Waals surface area contributed by atoms with E-state index >= 15 is 0 Å². The van der Waals surface area contributed by atoms with Gasteiger partial charge in [-0.05, 0) is 43.4 Å². The number of piperidine rings is 1. The zero-order valence-electron chi connectivity index (χ0n) is 18.4. The Kier molecular flexibility index (Phi) is 7.01. The van der Waals surface area contributed by atoms with Crippen molar-refractivity contribution in [1.82, 2.24) is 9.21 Å². The fraction of sp³-hybridized carbons (Fsp3) is 0.458. The summed E-state index contributed by atoms with van der Waals surface area (Å²) in [4.78, 5) is 14.8. The van der Waals surface area contributed by atoms with Crippen LogP contribution in [0.1, 0.15) is 24.8 Å². The molecule has 0 aliphatic carbocycles. The lowest BCUT2D eigenvalue weighted by Crippen LogP contribution is -2.43. The number of carbonyl (C=O) groups excluding carboxylic acids is 1. The first-order valence-corrected chi connectivity index (χ1v) is 12.6. The summed E-state index contributed by atoms with van der Waals surface area (Å²) in [6.07, 6.45) is 2.91. The molecule has 172 valence electrons. The fourth-order valence-corrected chi connectivity index (χ4v) is 5.75. The summed E-state index contributed by atoms with van der Waals surface area (Å²) in [5, 5.41) is 0. The third-order valence-corrected chi connectivity index (χ3v) is 8.03. The van der Waals surface area contributed by atoms with E-state index in [1.165, 1.54) is 15.9 Å². The first-order valence-electron chi connectivity index (χ1n) is 11.1. The van der Waals surface area contributed by atoms with Crippen LogP contribution in [0.2, 0.25) is 0 Å². The van der Waals surface area contributed by atoms with Crippen molar-refractivity contribution in [3.63, 3.8) is 0 Å². The number of ether oxygens (including phenoxy) is 2. The quantitative estimate of drug-likeness (QED) is 0.638. The van der Waals surface area contributed by atoms with Crippen LogP contribution in [0.25, 0.3) is 0 Å². The third-order valence-electron chi connectivity index (χ3n) is 6.13. The van der Waals surface area contributed by atoms with E-state index < -0.39 is 10.0 Å². The van der Waals surface area contributed by atoms with Gasteiger partial charge in [0.1, 0.15) is 13.2 Å². The van der Waals surface area contributed by atoms with Crippen LogP contribution < -0.4 is 9.47 Å². The van der Waals surface area contributed by atoms with Crippen LogP contribution in [0.4, 0.5) is 0 Å². The SMILES string of the molecule is CN(CCCc1ccccc1)C(=O)C1CCN(S(=O)(=O)c2ccc3c(c2)OCCO3)CC1. The van der Waals surface area contributed by atoms with Gasteiger partial charge in [0.05, 0.1) is 4.90 Å². The van der Waals surface area contributed by atoms with Crippen LogP contribution in [-0.2, 0) is 21.2 Å². The monoisotopic (exact) mass is 458 g/mol. The van der Waals surface area contributed by atoms with Gasteiger partial charge in [-0.15, -0.1) is 0 Å². The second-order valence-electron chi connectivity index (χ2n) is 8.33. The molecule has 0 saturated carbocycles.